The van der Waals surface area contributed by atoms with Crippen LogP contribution in [0.15, 0.2) is 18.3 Å². The van der Waals surface area contributed by atoms with Crippen molar-refractivity contribution in [3.05, 3.63) is 23.4 Å². The van der Waals surface area contributed by atoms with E-state index in [1.54, 1.807) is 19.2 Å². The first-order valence-corrected chi connectivity index (χ1v) is 4.75. The normalized spacial score (nSPS) is 9.73. The van der Waals surface area contributed by atoms with Gasteiger partial charge in [-0.15, -0.1) is 0 Å². The molecule has 0 saturated heterocycles. The fourth-order valence-corrected chi connectivity index (χ4v) is 0.989. The van der Waals surface area contributed by atoms with Gasteiger partial charge in [-0.3, -0.25) is 5.32 Å². The largest absolute Gasteiger partial charge is 0.383 e. The van der Waals surface area contributed by atoms with Gasteiger partial charge in [-0.2, -0.15) is 0 Å². The highest BCUT2D eigenvalue weighted by molar-refractivity contribution is 6.30. The van der Waals surface area contributed by atoms with Crippen molar-refractivity contribution in [2.24, 2.45) is 0 Å². The summed E-state index contributed by atoms with van der Waals surface area (Å²) in [5.41, 5.74) is 0. The summed E-state index contributed by atoms with van der Waals surface area (Å²) in [6.45, 7) is 0.928. The molecule has 0 aliphatic rings. The number of halogens is 1. The number of amides is 2. The van der Waals surface area contributed by atoms with E-state index in [2.05, 4.69) is 15.6 Å². The van der Waals surface area contributed by atoms with Gasteiger partial charge in [0, 0.05) is 19.9 Å². The molecule has 2 N–H and O–H groups in total. The molecule has 0 aliphatic heterocycles. The van der Waals surface area contributed by atoms with Crippen LogP contribution in [0.25, 0.3) is 0 Å². The van der Waals surface area contributed by atoms with Gasteiger partial charge in [-0.25, -0.2) is 9.78 Å². The van der Waals surface area contributed by atoms with E-state index in [9.17, 15) is 4.79 Å². The lowest BCUT2D eigenvalue weighted by atomic mass is 10.4. The molecule has 0 atom stereocenters. The van der Waals surface area contributed by atoms with Gasteiger partial charge in [0.1, 0.15) is 5.82 Å². The van der Waals surface area contributed by atoms with Crippen molar-refractivity contribution in [2.75, 3.05) is 25.6 Å². The Morgan fingerprint density at radius 2 is 2.40 bits per heavy atom. The van der Waals surface area contributed by atoms with Gasteiger partial charge in [0.25, 0.3) is 0 Å². The zero-order valence-corrected chi connectivity index (χ0v) is 9.04. The Hall–Kier alpha value is -1.33. The highest BCUT2D eigenvalue weighted by Gasteiger charge is 2.00. The molecule has 0 fully saturated rings. The zero-order chi connectivity index (χ0) is 11.1. The van der Waals surface area contributed by atoms with Gasteiger partial charge < -0.3 is 10.1 Å². The minimum Gasteiger partial charge on any atom is -0.383 e. The number of methoxy groups -OCH3 is 1. The maximum atomic E-state index is 11.2. The molecule has 0 unspecified atom stereocenters. The third-order valence-electron chi connectivity index (χ3n) is 1.56. The minimum absolute atomic E-state index is 0.318. The van der Waals surface area contributed by atoms with Gasteiger partial charge >= 0.3 is 6.03 Å². The van der Waals surface area contributed by atoms with Crippen LogP contribution < -0.4 is 10.6 Å². The Labute approximate surface area is 92.8 Å². The summed E-state index contributed by atoms with van der Waals surface area (Å²) in [4.78, 5) is 15.1. The quantitative estimate of drug-likeness (QED) is 0.770. The van der Waals surface area contributed by atoms with E-state index < -0.39 is 0 Å². The SMILES string of the molecule is COCCNC(=O)Nc1ccc(Cl)cn1. The number of rotatable bonds is 4. The molecule has 0 bridgehead atoms. The predicted molar refractivity (Wildman–Crippen MR) is 58.1 cm³/mol. The van der Waals surface area contributed by atoms with Gasteiger partial charge in [0.05, 0.1) is 11.6 Å². The molecule has 0 radical (unpaired) electrons. The van der Waals surface area contributed by atoms with Crippen LogP contribution in [0.5, 0.6) is 0 Å². The molecule has 0 saturated carbocycles. The van der Waals surface area contributed by atoms with Crippen LogP contribution in [0.4, 0.5) is 10.6 Å². The number of hydrogen-bond acceptors (Lipinski definition) is 3. The van der Waals surface area contributed by atoms with E-state index in [0.29, 0.717) is 24.0 Å². The van der Waals surface area contributed by atoms with E-state index in [0.717, 1.165) is 0 Å². The van der Waals surface area contributed by atoms with E-state index in [1.807, 2.05) is 0 Å². The van der Waals surface area contributed by atoms with E-state index >= 15 is 0 Å². The molecule has 5 nitrogen and oxygen atoms in total. The van der Waals surface area contributed by atoms with Gasteiger partial charge in [-0.05, 0) is 12.1 Å². The Morgan fingerprint density at radius 1 is 1.60 bits per heavy atom. The number of hydrogen-bond donors (Lipinski definition) is 2. The smallest absolute Gasteiger partial charge is 0.320 e. The number of nitrogens with one attached hydrogen (secondary N) is 2. The second-order valence-corrected chi connectivity index (χ2v) is 3.17. The molecular formula is C9H12ClN3O2. The minimum atomic E-state index is -0.318. The van der Waals surface area contributed by atoms with Gasteiger partial charge in [0.2, 0.25) is 0 Å². The maximum Gasteiger partial charge on any atom is 0.320 e. The molecule has 0 aromatic carbocycles. The maximum absolute atomic E-state index is 11.2. The zero-order valence-electron chi connectivity index (χ0n) is 8.29. The molecular weight excluding hydrogens is 218 g/mol. The van der Waals surface area contributed by atoms with Crippen LogP contribution in [-0.4, -0.2) is 31.3 Å². The van der Waals surface area contributed by atoms with E-state index in [1.165, 1.54) is 6.20 Å². The molecule has 1 rings (SSSR count). The summed E-state index contributed by atoms with van der Waals surface area (Å²) in [6, 6.07) is 2.96. The van der Waals surface area contributed by atoms with Crippen LogP contribution in [0.1, 0.15) is 0 Å². The molecule has 1 aromatic heterocycles. The predicted octanol–water partition coefficient (Wildman–Crippen LogP) is 1.50. The van der Waals surface area contributed by atoms with Crippen molar-refractivity contribution >= 4 is 23.4 Å². The van der Waals surface area contributed by atoms with Crippen LogP contribution in [0.3, 0.4) is 0 Å². The third kappa shape index (κ3) is 4.62. The first-order valence-electron chi connectivity index (χ1n) is 4.37. The summed E-state index contributed by atoms with van der Waals surface area (Å²) in [6.07, 6.45) is 1.46. The van der Waals surface area contributed by atoms with Crippen LogP contribution >= 0.6 is 11.6 Å². The fraction of sp³-hybridized carbons (Fsp3) is 0.333. The van der Waals surface area contributed by atoms with Crippen LogP contribution in [0.2, 0.25) is 5.02 Å². The molecule has 1 aromatic rings. The Kier molecular flexibility index (Phi) is 4.86. The van der Waals surface area contributed by atoms with Gasteiger partial charge in [0.15, 0.2) is 0 Å². The number of pyridine rings is 1. The highest BCUT2D eigenvalue weighted by atomic mass is 35.5. The Balaban J connectivity index is 2.34. The number of ether oxygens (including phenoxy) is 1. The van der Waals surface area contributed by atoms with Crippen molar-refractivity contribution in [3.8, 4) is 0 Å². The second-order valence-electron chi connectivity index (χ2n) is 2.74. The third-order valence-corrected chi connectivity index (χ3v) is 1.78. The number of aromatic nitrogens is 1. The van der Waals surface area contributed by atoms with Crippen molar-refractivity contribution < 1.29 is 9.53 Å². The molecule has 0 spiro atoms. The van der Waals surface area contributed by atoms with Gasteiger partial charge in [-0.1, -0.05) is 11.6 Å². The van der Waals surface area contributed by atoms with Crippen molar-refractivity contribution in [2.45, 2.75) is 0 Å². The summed E-state index contributed by atoms with van der Waals surface area (Å²) >= 11 is 5.64. The summed E-state index contributed by atoms with van der Waals surface area (Å²) in [7, 11) is 1.57. The lowest BCUT2D eigenvalue weighted by molar-refractivity contribution is 0.198. The lowest BCUT2D eigenvalue weighted by Gasteiger charge is -2.05. The molecule has 2 amide bonds. The average Bonchev–Trinajstić information content (AvgIpc) is 2.22. The first kappa shape index (κ1) is 11.7. The monoisotopic (exact) mass is 229 g/mol. The number of anilines is 1. The number of urea groups is 1. The van der Waals surface area contributed by atoms with Crippen molar-refractivity contribution in [1.82, 2.24) is 10.3 Å². The summed E-state index contributed by atoms with van der Waals surface area (Å²) < 4.78 is 4.78. The molecule has 1 heterocycles. The number of nitrogens with zero attached hydrogens (tertiary/aromatic N) is 1. The Bertz CT molecular complexity index is 316. The standard InChI is InChI=1S/C9H12ClN3O2/c1-15-5-4-11-9(14)13-8-3-2-7(10)6-12-8/h2-3,6H,4-5H2,1H3,(H2,11,12,13,14). The van der Waals surface area contributed by atoms with E-state index in [4.69, 9.17) is 16.3 Å². The molecule has 0 aliphatic carbocycles. The van der Waals surface area contributed by atoms with Crippen LogP contribution in [0, 0.1) is 0 Å². The average molecular weight is 230 g/mol. The Morgan fingerprint density at radius 3 is 3.00 bits per heavy atom. The van der Waals surface area contributed by atoms with Crippen LogP contribution in [-0.2, 0) is 4.74 Å². The van der Waals surface area contributed by atoms with Crippen molar-refractivity contribution in [1.29, 1.82) is 0 Å². The number of carbonyl (C=O) groups is 1. The molecule has 15 heavy (non-hydrogen) atoms. The lowest BCUT2D eigenvalue weighted by Crippen LogP contribution is -2.31. The highest BCUT2D eigenvalue weighted by Crippen LogP contribution is 2.08. The van der Waals surface area contributed by atoms with Crippen molar-refractivity contribution in [3.63, 3.8) is 0 Å². The summed E-state index contributed by atoms with van der Waals surface area (Å²) in [5.74, 6) is 0.453. The van der Waals surface area contributed by atoms with E-state index in [-0.39, 0.29) is 6.03 Å². The number of carbonyl (C=O) groups excluding carboxylic acids is 1. The fourth-order valence-electron chi connectivity index (χ4n) is 0.877. The first-order chi connectivity index (χ1) is 7.22. The topological polar surface area (TPSA) is 63.2 Å². The summed E-state index contributed by atoms with van der Waals surface area (Å²) in [5, 5.41) is 5.68. The molecule has 6 heteroatoms. The second kappa shape index (κ2) is 6.21. The molecule has 82 valence electrons.